The molecule has 1 amide bonds. The predicted molar refractivity (Wildman–Crippen MR) is 100 cm³/mol. The number of amides is 1. The lowest BCUT2D eigenvalue weighted by atomic mass is 10.0. The zero-order valence-corrected chi connectivity index (χ0v) is 15.2. The van der Waals surface area contributed by atoms with Crippen LogP contribution in [0, 0.1) is 0 Å². The molecule has 3 rings (SSSR count). The van der Waals surface area contributed by atoms with Gasteiger partial charge >= 0.3 is 6.09 Å². The molecule has 128 valence electrons. The Morgan fingerprint density at radius 3 is 2.88 bits per heavy atom. The van der Waals surface area contributed by atoms with E-state index in [1.807, 2.05) is 12.3 Å². The first kappa shape index (κ1) is 17.4. The minimum Gasteiger partial charge on any atom is -0.465 e. The summed E-state index contributed by atoms with van der Waals surface area (Å²) in [6.07, 6.45) is 5.34. The van der Waals surface area contributed by atoms with Crippen molar-refractivity contribution < 1.29 is 9.90 Å². The average Bonchev–Trinajstić information content (AvgIpc) is 3.07. The van der Waals surface area contributed by atoms with Crippen molar-refractivity contribution >= 4 is 29.2 Å². The molecule has 1 aromatic carbocycles. The van der Waals surface area contributed by atoms with Crippen LogP contribution in [0.25, 0.3) is 11.1 Å². The summed E-state index contributed by atoms with van der Waals surface area (Å²) in [6, 6.07) is 10.5. The fourth-order valence-corrected chi connectivity index (χ4v) is 4.38. The first-order valence-electron chi connectivity index (χ1n) is 7.77. The van der Waals surface area contributed by atoms with Crippen LogP contribution in [0.2, 0.25) is 0 Å². The van der Waals surface area contributed by atoms with Gasteiger partial charge in [0.05, 0.1) is 17.0 Å². The van der Waals surface area contributed by atoms with E-state index in [0.717, 1.165) is 31.7 Å². The van der Waals surface area contributed by atoms with Crippen LogP contribution in [0.3, 0.4) is 0 Å². The number of carbonyl (C=O) groups is 1. The molecule has 0 radical (unpaired) electrons. The van der Waals surface area contributed by atoms with Crippen LogP contribution in [0.4, 0.5) is 4.79 Å². The molecule has 0 saturated heterocycles. The summed E-state index contributed by atoms with van der Waals surface area (Å²) in [7, 11) is 0. The second-order valence-electron chi connectivity index (χ2n) is 5.29. The van der Waals surface area contributed by atoms with Crippen LogP contribution in [0.15, 0.2) is 58.0 Å². The van der Waals surface area contributed by atoms with Crippen LogP contribution in [-0.2, 0) is 13.0 Å². The number of benzene rings is 1. The Morgan fingerprint density at radius 1 is 1.28 bits per heavy atom. The molecule has 0 unspecified atom stereocenters. The van der Waals surface area contributed by atoms with Gasteiger partial charge in [0, 0.05) is 22.9 Å². The molecule has 5 nitrogen and oxygen atoms in total. The highest BCUT2D eigenvalue weighted by Gasteiger charge is 2.08. The largest absolute Gasteiger partial charge is 0.465 e. The Morgan fingerprint density at radius 2 is 2.16 bits per heavy atom. The smallest absolute Gasteiger partial charge is 0.405 e. The topological polar surface area (TPSA) is 75.1 Å². The minimum absolute atomic E-state index is 0.233. The summed E-state index contributed by atoms with van der Waals surface area (Å²) in [6.45, 7) is 2.37. The van der Waals surface area contributed by atoms with Gasteiger partial charge in [0.2, 0.25) is 0 Å². The Hall–Kier alpha value is -2.38. The second-order valence-corrected chi connectivity index (χ2v) is 7.78. The highest BCUT2D eigenvalue weighted by molar-refractivity contribution is 8.01. The number of thiazole rings is 1. The third-order valence-corrected chi connectivity index (χ3v) is 5.58. The quantitative estimate of drug-likeness (QED) is 0.658. The van der Waals surface area contributed by atoms with Gasteiger partial charge in [-0.05, 0) is 35.7 Å². The van der Waals surface area contributed by atoms with Gasteiger partial charge in [-0.3, -0.25) is 4.98 Å². The normalized spacial score (nSPS) is 10.6. The number of carboxylic acid groups (broad SMARTS) is 1. The van der Waals surface area contributed by atoms with Crippen molar-refractivity contribution in [3.63, 3.8) is 0 Å². The fourth-order valence-electron chi connectivity index (χ4n) is 2.31. The van der Waals surface area contributed by atoms with Crippen molar-refractivity contribution in [1.82, 2.24) is 15.3 Å². The molecule has 0 fully saturated rings. The van der Waals surface area contributed by atoms with E-state index in [4.69, 9.17) is 5.11 Å². The summed E-state index contributed by atoms with van der Waals surface area (Å²) in [4.78, 5) is 20.2. The maximum atomic E-state index is 10.6. The van der Waals surface area contributed by atoms with E-state index >= 15 is 0 Å². The average molecular weight is 371 g/mol. The molecule has 0 saturated carbocycles. The molecule has 0 bridgehead atoms. The molecule has 0 aliphatic carbocycles. The molecular formula is C18H17N3O2S2. The molecule has 25 heavy (non-hydrogen) atoms. The summed E-state index contributed by atoms with van der Waals surface area (Å²) in [5, 5.41) is 11.8. The van der Waals surface area contributed by atoms with Crippen LogP contribution in [-0.4, -0.2) is 21.2 Å². The molecule has 2 aromatic heterocycles. The lowest BCUT2D eigenvalue weighted by Crippen LogP contribution is -2.19. The highest BCUT2D eigenvalue weighted by Crippen LogP contribution is 2.35. The fraction of sp³-hybridized carbons (Fsp3) is 0.167. The maximum Gasteiger partial charge on any atom is 0.405 e. The van der Waals surface area contributed by atoms with Gasteiger partial charge in [-0.15, -0.1) is 11.3 Å². The van der Waals surface area contributed by atoms with E-state index in [1.54, 1.807) is 24.2 Å². The predicted octanol–water partition coefficient (Wildman–Crippen LogP) is 4.69. The molecule has 0 atom stereocenters. The highest BCUT2D eigenvalue weighted by atomic mass is 32.2. The zero-order chi connectivity index (χ0) is 17.6. The van der Waals surface area contributed by atoms with Gasteiger partial charge in [-0.1, -0.05) is 30.8 Å². The number of hydrogen-bond donors (Lipinski definition) is 2. The van der Waals surface area contributed by atoms with E-state index in [1.165, 1.54) is 16.9 Å². The summed E-state index contributed by atoms with van der Waals surface area (Å²) < 4.78 is 1.03. The minimum atomic E-state index is -1.04. The lowest BCUT2D eigenvalue weighted by molar-refractivity contribution is 0.194. The molecule has 2 N–H and O–H groups in total. The van der Waals surface area contributed by atoms with Gasteiger partial charge in [0.1, 0.15) is 5.01 Å². The monoisotopic (exact) mass is 371 g/mol. The number of aromatic nitrogens is 2. The van der Waals surface area contributed by atoms with Crippen molar-refractivity contribution in [2.24, 2.45) is 0 Å². The molecule has 7 heteroatoms. The molecule has 2 heterocycles. The van der Waals surface area contributed by atoms with E-state index in [0.29, 0.717) is 0 Å². The number of aryl methyl sites for hydroxylation is 1. The Balaban J connectivity index is 1.81. The third-order valence-electron chi connectivity index (χ3n) is 3.51. The first-order valence-corrected chi connectivity index (χ1v) is 9.41. The SMILES string of the molecule is CCc1cc(Sc2cnc(CNC(=O)O)s2)cc(-c2cccnc2)c1. The number of pyridine rings is 1. The Kier molecular flexibility index (Phi) is 5.67. The van der Waals surface area contributed by atoms with Gasteiger partial charge in [0.15, 0.2) is 0 Å². The standard InChI is InChI=1S/C18H17N3O2S2/c1-2-12-6-14(13-4-3-5-19-9-13)8-15(7-12)24-17-11-20-16(25-17)10-21-18(22)23/h3-9,11,21H,2,10H2,1H3,(H,22,23). The Bertz CT molecular complexity index is 866. The van der Waals surface area contributed by atoms with Crippen LogP contribution in [0.5, 0.6) is 0 Å². The van der Waals surface area contributed by atoms with E-state index in [9.17, 15) is 4.79 Å². The summed E-state index contributed by atoms with van der Waals surface area (Å²) in [5.41, 5.74) is 3.50. The van der Waals surface area contributed by atoms with Crippen molar-refractivity contribution in [2.45, 2.75) is 29.0 Å². The van der Waals surface area contributed by atoms with Gasteiger partial charge < -0.3 is 10.4 Å². The van der Waals surface area contributed by atoms with Crippen molar-refractivity contribution in [2.75, 3.05) is 0 Å². The number of hydrogen-bond acceptors (Lipinski definition) is 5. The molecule has 0 aliphatic rings. The van der Waals surface area contributed by atoms with Gasteiger partial charge in [-0.2, -0.15) is 0 Å². The van der Waals surface area contributed by atoms with Crippen LogP contribution in [0.1, 0.15) is 17.5 Å². The van der Waals surface area contributed by atoms with E-state index in [-0.39, 0.29) is 6.54 Å². The van der Waals surface area contributed by atoms with Crippen LogP contribution < -0.4 is 5.32 Å². The Labute approximate surface area is 154 Å². The summed E-state index contributed by atoms with van der Waals surface area (Å²) in [5.74, 6) is 0. The van der Waals surface area contributed by atoms with Crippen molar-refractivity contribution in [1.29, 1.82) is 0 Å². The van der Waals surface area contributed by atoms with Gasteiger partial charge in [0.25, 0.3) is 0 Å². The van der Waals surface area contributed by atoms with Crippen LogP contribution >= 0.6 is 23.1 Å². The van der Waals surface area contributed by atoms with E-state index in [2.05, 4.69) is 46.5 Å². The van der Waals surface area contributed by atoms with Gasteiger partial charge in [-0.25, -0.2) is 9.78 Å². The second kappa shape index (κ2) is 8.13. The third kappa shape index (κ3) is 4.80. The zero-order valence-electron chi connectivity index (χ0n) is 13.6. The summed E-state index contributed by atoms with van der Waals surface area (Å²) >= 11 is 3.14. The molecule has 0 spiro atoms. The van der Waals surface area contributed by atoms with Crippen molar-refractivity contribution in [3.8, 4) is 11.1 Å². The molecular weight excluding hydrogens is 354 g/mol. The maximum absolute atomic E-state index is 10.6. The molecule has 0 aliphatic heterocycles. The lowest BCUT2D eigenvalue weighted by Gasteiger charge is -2.08. The number of nitrogens with one attached hydrogen (secondary N) is 1. The number of rotatable bonds is 6. The molecule has 3 aromatic rings. The van der Waals surface area contributed by atoms with E-state index < -0.39 is 6.09 Å². The van der Waals surface area contributed by atoms with Crippen molar-refractivity contribution in [3.05, 3.63) is 59.5 Å². The number of nitrogens with zero attached hydrogens (tertiary/aromatic N) is 2. The first-order chi connectivity index (χ1) is 12.1.